The summed E-state index contributed by atoms with van der Waals surface area (Å²) < 4.78 is 5.43. The molecule has 2 aliphatic rings. The van der Waals surface area contributed by atoms with Crippen molar-refractivity contribution in [2.45, 2.75) is 19.3 Å². The molecule has 2 aliphatic heterocycles. The van der Waals surface area contributed by atoms with Gasteiger partial charge in [-0.15, -0.1) is 0 Å². The van der Waals surface area contributed by atoms with Crippen molar-refractivity contribution >= 4 is 11.8 Å². The van der Waals surface area contributed by atoms with Crippen LogP contribution in [0.4, 0.5) is 0 Å². The summed E-state index contributed by atoms with van der Waals surface area (Å²) in [6.45, 7) is 0.737. The molecular weight excluding hydrogens is 218 g/mol. The lowest BCUT2D eigenvalue weighted by Crippen LogP contribution is -2.22. The van der Waals surface area contributed by atoms with Crippen molar-refractivity contribution in [1.82, 2.24) is 5.32 Å². The van der Waals surface area contributed by atoms with Crippen molar-refractivity contribution in [1.29, 1.82) is 0 Å². The minimum absolute atomic E-state index is 0.147. The molecule has 1 fully saturated rings. The Morgan fingerprint density at radius 2 is 2.24 bits per heavy atom. The maximum absolute atomic E-state index is 11.5. The molecule has 1 unspecified atom stereocenters. The highest BCUT2D eigenvalue weighted by molar-refractivity contribution is 6.03. The molecule has 0 bridgehead atoms. The average molecular weight is 231 g/mol. The molecule has 3 rings (SSSR count). The van der Waals surface area contributed by atoms with Crippen molar-refractivity contribution in [3.8, 4) is 5.75 Å². The van der Waals surface area contributed by atoms with E-state index < -0.39 is 0 Å². The monoisotopic (exact) mass is 231 g/mol. The van der Waals surface area contributed by atoms with Crippen LogP contribution in [0.3, 0.4) is 0 Å². The van der Waals surface area contributed by atoms with E-state index in [1.54, 1.807) is 0 Å². The number of fused-ring (bicyclic) bond motifs is 1. The van der Waals surface area contributed by atoms with Crippen LogP contribution in [0.5, 0.6) is 5.75 Å². The van der Waals surface area contributed by atoms with E-state index in [4.69, 9.17) is 4.74 Å². The van der Waals surface area contributed by atoms with Gasteiger partial charge in [0, 0.05) is 12.8 Å². The summed E-state index contributed by atoms with van der Waals surface area (Å²) in [5, 5.41) is 2.34. The van der Waals surface area contributed by atoms with Crippen LogP contribution in [0.2, 0.25) is 0 Å². The summed E-state index contributed by atoms with van der Waals surface area (Å²) in [7, 11) is 0. The van der Waals surface area contributed by atoms with E-state index in [0.29, 0.717) is 12.8 Å². The Morgan fingerprint density at radius 3 is 3.00 bits per heavy atom. The number of carbonyl (C=O) groups excluding carboxylic acids is 2. The van der Waals surface area contributed by atoms with Crippen molar-refractivity contribution in [2.75, 3.05) is 6.61 Å². The smallest absolute Gasteiger partial charge is 0.230 e. The first-order chi connectivity index (χ1) is 8.22. The first kappa shape index (κ1) is 10.3. The van der Waals surface area contributed by atoms with Gasteiger partial charge in [0.1, 0.15) is 5.75 Å². The zero-order valence-corrected chi connectivity index (χ0v) is 9.36. The second-order valence-corrected chi connectivity index (χ2v) is 4.56. The van der Waals surface area contributed by atoms with E-state index in [-0.39, 0.29) is 17.7 Å². The topological polar surface area (TPSA) is 55.4 Å². The highest BCUT2D eigenvalue weighted by Crippen LogP contribution is 2.27. The molecule has 1 aromatic carbocycles. The number of hydrogen-bond donors (Lipinski definition) is 1. The van der Waals surface area contributed by atoms with Gasteiger partial charge in [-0.2, -0.15) is 0 Å². The van der Waals surface area contributed by atoms with Crippen LogP contribution in [0.25, 0.3) is 0 Å². The number of imide groups is 1. The van der Waals surface area contributed by atoms with Crippen molar-refractivity contribution in [3.63, 3.8) is 0 Å². The van der Waals surface area contributed by atoms with Gasteiger partial charge in [-0.3, -0.25) is 14.9 Å². The van der Waals surface area contributed by atoms with Crippen LogP contribution in [0, 0.1) is 5.92 Å². The van der Waals surface area contributed by atoms with Crippen LogP contribution >= 0.6 is 0 Å². The molecule has 1 saturated heterocycles. The fraction of sp³-hybridized carbons (Fsp3) is 0.385. The van der Waals surface area contributed by atoms with Gasteiger partial charge >= 0.3 is 0 Å². The maximum atomic E-state index is 11.5. The zero-order valence-electron chi connectivity index (χ0n) is 9.36. The number of hydrogen-bond acceptors (Lipinski definition) is 3. The van der Waals surface area contributed by atoms with Gasteiger partial charge in [0.25, 0.3) is 0 Å². The van der Waals surface area contributed by atoms with Gasteiger partial charge < -0.3 is 4.74 Å². The molecule has 1 N–H and O–H groups in total. The molecule has 1 aromatic rings. The SMILES string of the molecule is O=C1CC(Cc2ccc3c(c2)CCO3)C(=O)N1. The average Bonchev–Trinajstić information content (AvgIpc) is 2.85. The van der Waals surface area contributed by atoms with Crippen molar-refractivity contribution < 1.29 is 14.3 Å². The molecule has 2 amide bonds. The van der Waals surface area contributed by atoms with Crippen LogP contribution in [-0.2, 0) is 22.4 Å². The maximum Gasteiger partial charge on any atom is 0.230 e. The molecule has 0 radical (unpaired) electrons. The lowest BCUT2D eigenvalue weighted by atomic mass is 9.96. The highest BCUT2D eigenvalue weighted by Gasteiger charge is 2.30. The van der Waals surface area contributed by atoms with Crippen molar-refractivity contribution in [2.24, 2.45) is 5.92 Å². The quantitative estimate of drug-likeness (QED) is 0.767. The molecular formula is C13H13NO3. The summed E-state index contributed by atoms with van der Waals surface area (Å²) >= 11 is 0. The Labute approximate surface area is 99.0 Å². The third-order valence-corrected chi connectivity index (χ3v) is 3.30. The second-order valence-electron chi connectivity index (χ2n) is 4.56. The lowest BCUT2D eigenvalue weighted by Gasteiger charge is -2.07. The Morgan fingerprint density at radius 1 is 1.35 bits per heavy atom. The Kier molecular flexibility index (Phi) is 2.35. The lowest BCUT2D eigenvalue weighted by molar-refractivity contribution is -0.125. The van der Waals surface area contributed by atoms with Gasteiger partial charge in [-0.25, -0.2) is 0 Å². The van der Waals surface area contributed by atoms with E-state index in [0.717, 1.165) is 24.3 Å². The fourth-order valence-electron chi connectivity index (χ4n) is 2.42. The molecule has 0 aromatic heterocycles. The van der Waals surface area contributed by atoms with Crippen LogP contribution < -0.4 is 10.1 Å². The first-order valence-corrected chi connectivity index (χ1v) is 5.80. The minimum Gasteiger partial charge on any atom is -0.493 e. The number of ether oxygens (including phenoxy) is 1. The van der Waals surface area contributed by atoms with E-state index in [2.05, 4.69) is 11.4 Å². The third-order valence-electron chi connectivity index (χ3n) is 3.30. The molecule has 0 saturated carbocycles. The number of amides is 2. The summed E-state index contributed by atoms with van der Waals surface area (Å²) in [5.41, 5.74) is 2.30. The number of nitrogens with one attached hydrogen (secondary N) is 1. The molecule has 4 nitrogen and oxygen atoms in total. The van der Waals surface area contributed by atoms with Gasteiger partial charge in [0.05, 0.1) is 12.5 Å². The fourth-order valence-corrected chi connectivity index (χ4v) is 2.42. The second kappa shape index (κ2) is 3.87. The molecule has 0 aliphatic carbocycles. The van der Waals surface area contributed by atoms with E-state index in [1.165, 1.54) is 5.56 Å². The third kappa shape index (κ3) is 1.90. The normalized spacial score (nSPS) is 22.2. The molecule has 17 heavy (non-hydrogen) atoms. The van der Waals surface area contributed by atoms with Crippen LogP contribution in [0.15, 0.2) is 18.2 Å². The minimum atomic E-state index is -0.206. The van der Waals surface area contributed by atoms with Crippen LogP contribution in [0.1, 0.15) is 17.5 Å². The Balaban J connectivity index is 1.77. The highest BCUT2D eigenvalue weighted by atomic mass is 16.5. The van der Waals surface area contributed by atoms with Crippen LogP contribution in [-0.4, -0.2) is 18.4 Å². The number of benzene rings is 1. The number of carbonyl (C=O) groups is 2. The van der Waals surface area contributed by atoms with Crippen molar-refractivity contribution in [3.05, 3.63) is 29.3 Å². The van der Waals surface area contributed by atoms with E-state index in [1.807, 2.05) is 12.1 Å². The predicted octanol–water partition coefficient (Wildman–Crippen LogP) is 0.827. The Bertz CT molecular complexity index is 495. The summed E-state index contributed by atoms with van der Waals surface area (Å²) in [4.78, 5) is 22.6. The van der Waals surface area contributed by atoms with E-state index in [9.17, 15) is 9.59 Å². The van der Waals surface area contributed by atoms with Gasteiger partial charge in [-0.05, 0) is 23.6 Å². The van der Waals surface area contributed by atoms with Gasteiger partial charge in [0.15, 0.2) is 0 Å². The number of rotatable bonds is 2. The Hall–Kier alpha value is -1.84. The van der Waals surface area contributed by atoms with Gasteiger partial charge in [-0.1, -0.05) is 12.1 Å². The van der Waals surface area contributed by atoms with Gasteiger partial charge in [0.2, 0.25) is 11.8 Å². The molecule has 88 valence electrons. The predicted molar refractivity (Wildman–Crippen MR) is 60.6 cm³/mol. The molecule has 2 heterocycles. The summed E-state index contributed by atoms with van der Waals surface area (Å²) in [6.07, 6.45) is 1.87. The first-order valence-electron chi connectivity index (χ1n) is 5.80. The standard InChI is InChI=1S/C13H13NO3/c15-12-7-10(13(16)14-12)6-8-1-2-11-9(5-8)3-4-17-11/h1-2,5,10H,3-4,6-7H2,(H,14,15,16). The largest absolute Gasteiger partial charge is 0.493 e. The van der Waals surface area contributed by atoms with E-state index >= 15 is 0 Å². The summed E-state index contributed by atoms with van der Waals surface area (Å²) in [5.74, 6) is 0.430. The summed E-state index contributed by atoms with van der Waals surface area (Å²) in [6, 6.07) is 6.00. The molecule has 4 heteroatoms. The molecule has 0 spiro atoms. The molecule has 1 atom stereocenters. The zero-order chi connectivity index (χ0) is 11.8.